The summed E-state index contributed by atoms with van der Waals surface area (Å²) in [6.45, 7) is 4.49. The number of furan rings is 1. The Balaban J connectivity index is 1.46. The second-order valence-electron chi connectivity index (χ2n) is 7.63. The Morgan fingerprint density at radius 3 is 2.68 bits per heavy atom. The topological polar surface area (TPSA) is 71.3 Å². The van der Waals surface area contributed by atoms with E-state index in [-0.39, 0.29) is 29.0 Å². The van der Waals surface area contributed by atoms with Crippen LogP contribution in [0.3, 0.4) is 0 Å². The molecule has 0 aliphatic heterocycles. The summed E-state index contributed by atoms with van der Waals surface area (Å²) < 4.78 is 5.09. The van der Waals surface area contributed by atoms with Gasteiger partial charge in [-0.1, -0.05) is 38.1 Å². The lowest BCUT2D eigenvalue weighted by Gasteiger charge is -2.37. The number of hydrogen-bond acceptors (Lipinski definition) is 4. The van der Waals surface area contributed by atoms with Gasteiger partial charge in [-0.25, -0.2) is 0 Å². The van der Waals surface area contributed by atoms with Crippen molar-refractivity contribution in [1.29, 1.82) is 0 Å². The zero-order chi connectivity index (χ0) is 19.7. The zero-order valence-electron chi connectivity index (χ0n) is 15.8. The van der Waals surface area contributed by atoms with E-state index in [1.165, 1.54) is 28.7 Å². The van der Waals surface area contributed by atoms with Gasteiger partial charge in [-0.05, 0) is 53.6 Å². The Hall–Kier alpha value is -2.86. The minimum Gasteiger partial charge on any atom is -0.459 e. The van der Waals surface area contributed by atoms with Crippen LogP contribution in [0.4, 0.5) is 5.00 Å². The number of amides is 2. The van der Waals surface area contributed by atoms with Crippen molar-refractivity contribution in [3.8, 4) is 0 Å². The molecule has 4 rings (SSSR count). The molecule has 2 aromatic heterocycles. The normalized spacial score (nSPS) is 17.6. The highest BCUT2D eigenvalue weighted by Gasteiger charge is 2.33. The van der Waals surface area contributed by atoms with Crippen molar-refractivity contribution < 1.29 is 14.0 Å². The Morgan fingerprint density at radius 2 is 1.89 bits per heavy atom. The first kappa shape index (κ1) is 18.5. The number of nitrogens with one attached hydrogen (secondary N) is 2. The molecule has 0 bridgehead atoms. The van der Waals surface area contributed by atoms with Crippen molar-refractivity contribution in [3.05, 3.63) is 76.6 Å². The maximum atomic E-state index is 12.8. The van der Waals surface area contributed by atoms with Gasteiger partial charge in [0.05, 0.1) is 22.2 Å². The van der Waals surface area contributed by atoms with Crippen LogP contribution in [-0.2, 0) is 5.41 Å². The van der Waals surface area contributed by atoms with E-state index in [9.17, 15) is 9.59 Å². The SMILES string of the molecule is CC1(C)CC[C@H](NC(=O)c2ccc(NC(=O)c3ccco3)s2)c2ccccc21. The van der Waals surface area contributed by atoms with E-state index >= 15 is 0 Å². The quantitative estimate of drug-likeness (QED) is 0.644. The van der Waals surface area contributed by atoms with Crippen LogP contribution in [0.1, 0.15) is 64.1 Å². The summed E-state index contributed by atoms with van der Waals surface area (Å²) in [4.78, 5) is 25.4. The highest BCUT2D eigenvalue weighted by molar-refractivity contribution is 7.18. The van der Waals surface area contributed by atoms with E-state index in [2.05, 4.69) is 42.7 Å². The van der Waals surface area contributed by atoms with Crippen molar-refractivity contribution in [1.82, 2.24) is 5.32 Å². The summed E-state index contributed by atoms with van der Waals surface area (Å²) in [5, 5.41) is 6.53. The lowest BCUT2D eigenvalue weighted by atomic mass is 9.71. The Bertz CT molecular complexity index is 1000. The predicted octanol–water partition coefficient (Wildman–Crippen LogP) is 5.14. The van der Waals surface area contributed by atoms with Gasteiger partial charge in [-0.2, -0.15) is 0 Å². The third-order valence-electron chi connectivity index (χ3n) is 5.24. The van der Waals surface area contributed by atoms with E-state index < -0.39 is 0 Å². The Morgan fingerprint density at radius 1 is 1.07 bits per heavy atom. The molecule has 2 N–H and O–H groups in total. The number of carbonyl (C=O) groups is 2. The number of rotatable bonds is 4. The largest absolute Gasteiger partial charge is 0.459 e. The monoisotopic (exact) mass is 394 g/mol. The van der Waals surface area contributed by atoms with Crippen LogP contribution in [0.5, 0.6) is 0 Å². The lowest BCUT2D eigenvalue weighted by molar-refractivity contribution is 0.0932. The molecule has 1 aliphatic carbocycles. The molecule has 2 heterocycles. The third kappa shape index (κ3) is 3.60. The van der Waals surface area contributed by atoms with Gasteiger partial charge in [-0.3, -0.25) is 9.59 Å². The molecule has 0 spiro atoms. The van der Waals surface area contributed by atoms with Crippen molar-refractivity contribution in [2.24, 2.45) is 0 Å². The molecule has 2 amide bonds. The Kier molecular flexibility index (Phi) is 4.81. The van der Waals surface area contributed by atoms with Crippen LogP contribution in [0.25, 0.3) is 0 Å². The predicted molar refractivity (Wildman–Crippen MR) is 110 cm³/mol. The molecule has 5 nitrogen and oxygen atoms in total. The molecule has 1 aromatic carbocycles. The molecule has 1 aliphatic rings. The van der Waals surface area contributed by atoms with Crippen molar-refractivity contribution in [2.45, 2.75) is 38.1 Å². The molecule has 0 radical (unpaired) electrons. The van der Waals surface area contributed by atoms with Gasteiger partial charge >= 0.3 is 0 Å². The van der Waals surface area contributed by atoms with E-state index in [0.29, 0.717) is 9.88 Å². The highest BCUT2D eigenvalue weighted by atomic mass is 32.1. The maximum Gasteiger partial charge on any atom is 0.291 e. The van der Waals surface area contributed by atoms with Gasteiger partial charge in [0.15, 0.2) is 5.76 Å². The summed E-state index contributed by atoms with van der Waals surface area (Å²) >= 11 is 1.25. The van der Waals surface area contributed by atoms with Crippen molar-refractivity contribution in [3.63, 3.8) is 0 Å². The van der Waals surface area contributed by atoms with E-state index in [0.717, 1.165) is 12.8 Å². The first-order chi connectivity index (χ1) is 13.4. The molecule has 0 saturated heterocycles. The molecule has 3 aromatic rings. The molecule has 6 heteroatoms. The van der Waals surface area contributed by atoms with Crippen molar-refractivity contribution in [2.75, 3.05) is 5.32 Å². The van der Waals surface area contributed by atoms with Crippen LogP contribution >= 0.6 is 11.3 Å². The van der Waals surface area contributed by atoms with Crippen LogP contribution in [-0.4, -0.2) is 11.8 Å². The zero-order valence-corrected chi connectivity index (χ0v) is 16.6. The summed E-state index contributed by atoms with van der Waals surface area (Å²) in [7, 11) is 0. The van der Waals surface area contributed by atoms with Gasteiger partial charge < -0.3 is 15.1 Å². The van der Waals surface area contributed by atoms with Gasteiger partial charge in [0.1, 0.15) is 0 Å². The molecule has 28 heavy (non-hydrogen) atoms. The smallest absolute Gasteiger partial charge is 0.291 e. The fourth-order valence-electron chi connectivity index (χ4n) is 3.70. The average molecular weight is 394 g/mol. The summed E-state index contributed by atoms with van der Waals surface area (Å²) in [5.74, 6) is -0.217. The second-order valence-corrected chi connectivity index (χ2v) is 8.71. The van der Waals surface area contributed by atoms with Crippen LogP contribution in [0, 0.1) is 0 Å². The van der Waals surface area contributed by atoms with Crippen molar-refractivity contribution >= 4 is 28.2 Å². The van der Waals surface area contributed by atoms with Crippen LogP contribution in [0.15, 0.2) is 59.2 Å². The molecule has 0 unspecified atom stereocenters. The summed E-state index contributed by atoms with van der Waals surface area (Å²) in [6.07, 6.45) is 3.37. The van der Waals surface area contributed by atoms with E-state index in [1.807, 2.05) is 6.07 Å². The fraction of sp³-hybridized carbons (Fsp3) is 0.273. The number of benzene rings is 1. The molecule has 0 fully saturated rings. The standard InChI is InChI=1S/C22H22N2O3S/c1-22(2)12-11-16(14-6-3-4-7-15(14)22)23-21(26)18-9-10-19(28-18)24-20(25)17-8-5-13-27-17/h3-10,13,16H,11-12H2,1-2H3,(H,23,26)(H,24,25)/t16-/m0/s1. The summed E-state index contributed by atoms with van der Waals surface area (Å²) in [5.41, 5.74) is 2.60. The van der Waals surface area contributed by atoms with Gasteiger partial charge in [0.2, 0.25) is 0 Å². The minimum atomic E-state index is -0.331. The molecular weight excluding hydrogens is 372 g/mol. The number of thiophene rings is 1. The molecule has 0 saturated carbocycles. The third-order valence-corrected chi connectivity index (χ3v) is 6.24. The van der Waals surface area contributed by atoms with Crippen LogP contribution < -0.4 is 10.6 Å². The van der Waals surface area contributed by atoms with Gasteiger partial charge in [0.25, 0.3) is 11.8 Å². The number of anilines is 1. The molecule has 144 valence electrons. The first-order valence-electron chi connectivity index (χ1n) is 9.29. The fourth-order valence-corrected chi connectivity index (χ4v) is 4.50. The first-order valence-corrected chi connectivity index (χ1v) is 10.1. The van der Waals surface area contributed by atoms with Crippen LogP contribution in [0.2, 0.25) is 0 Å². The molecular formula is C22H22N2O3S. The minimum absolute atomic E-state index is 0.0000140. The molecule has 1 atom stereocenters. The highest BCUT2D eigenvalue weighted by Crippen LogP contribution is 2.41. The second kappa shape index (κ2) is 7.28. The number of fused-ring (bicyclic) bond motifs is 1. The summed E-state index contributed by atoms with van der Waals surface area (Å²) in [6, 6.07) is 15.1. The lowest BCUT2D eigenvalue weighted by Crippen LogP contribution is -2.35. The average Bonchev–Trinajstić information content (AvgIpc) is 3.36. The Labute approximate surface area is 167 Å². The number of carbonyl (C=O) groups excluding carboxylic acids is 2. The van der Waals surface area contributed by atoms with E-state index in [1.54, 1.807) is 24.3 Å². The van der Waals surface area contributed by atoms with Gasteiger partial charge in [0, 0.05) is 0 Å². The maximum absolute atomic E-state index is 12.8. The van der Waals surface area contributed by atoms with Gasteiger partial charge in [-0.15, -0.1) is 11.3 Å². The van der Waals surface area contributed by atoms with E-state index in [4.69, 9.17) is 4.42 Å². The number of hydrogen-bond donors (Lipinski definition) is 2.